The number of nitrogens with two attached hydrogens (primary N) is 1. The first-order valence-electron chi connectivity index (χ1n) is 5.78. The summed E-state index contributed by atoms with van der Waals surface area (Å²) in [6.45, 7) is 3.14. The predicted molar refractivity (Wildman–Crippen MR) is 57.4 cm³/mol. The highest BCUT2D eigenvalue weighted by atomic mass is 16.6. The molecule has 1 saturated heterocycles. The Morgan fingerprint density at radius 1 is 1.60 bits per heavy atom. The highest BCUT2D eigenvalue weighted by Gasteiger charge is 2.18. The smallest absolute Gasteiger partial charge is 0.322 e. The molecule has 1 aliphatic heterocycles. The van der Waals surface area contributed by atoms with Crippen LogP contribution >= 0.6 is 0 Å². The summed E-state index contributed by atoms with van der Waals surface area (Å²) in [5.74, 6) is -0.300. The molecule has 2 atom stereocenters. The zero-order chi connectivity index (χ0) is 11.1. The van der Waals surface area contributed by atoms with E-state index >= 15 is 0 Å². The molecule has 0 aromatic carbocycles. The molecule has 0 saturated carbocycles. The average molecular weight is 215 g/mol. The van der Waals surface area contributed by atoms with Crippen molar-refractivity contribution in [2.75, 3.05) is 13.2 Å². The maximum Gasteiger partial charge on any atom is 0.322 e. The summed E-state index contributed by atoms with van der Waals surface area (Å²) >= 11 is 0. The van der Waals surface area contributed by atoms with Crippen molar-refractivity contribution in [1.82, 2.24) is 0 Å². The number of rotatable bonds is 5. The summed E-state index contributed by atoms with van der Waals surface area (Å²) in [6.07, 6.45) is 4.91. The van der Waals surface area contributed by atoms with Crippen LogP contribution in [0, 0.1) is 0 Å². The van der Waals surface area contributed by atoms with Crippen molar-refractivity contribution in [1.29, 1.82) is 0 Å². The van der Waals surface area contributed by atoms with Crippen LogP contribution in [0.25, 0.3) is 0 Å². The minimum atomic E-state index is -0.474. The van der Waals surface area contributed by atoms with Crippen LogP contribution in [-0.2, 0) is 14.3 Å². The average Bonchev–Trinajstić information content (AvgIpc) is 2.27. The molecule has 1 aliphatic rings. The van der Waals surface area contributed by atoms with Crippen LogP contribution in [0.5, 0.6) is 0 Å². The molecule has 2 N–H and O–H groups in total. The summed E-state index contributed by atoms with van der Waals surface area (Å²) in [4.78, 5) is 11.4. The van der Waals surface area contributed by atoms with Gasteiger partial charge in [0.2, 0.25) is 0 Å². The van der Waals surface area contributed by atoms with Crippen LogP contribution in [0.3, 0.4) is 0 Å². The second-order valence-corrected chi connectivity index (χ2v) is 4.01. The van der Waals surface area contributed by atoms with Gasteiger partial charge in [-0.05, 0) is 25.7 Å². The van der Waals surface area contributed by atoms with Gasteiger partial charge >= 0.3 is 5.97 Å². The number of esters is 1. The fourth-order valence-electron chi connectivity index (χ4n) is 1.65. The summed E-state index contributed by atoms with van der Waals surface area (Å²) in [6, 6.07) is -0.474. The molecule has 0 spiro atoms. The van der Waals surface area contributed by atoms with Gasteiger partial charge in [0, 0.05) is 6.61 Å². The summed E-state index contributed by atoms with van der Waals surface area (Å²) in [7, 11) is 0. The lowest BCUT2D eigenvalue weighted by atomic mass is 10.1. The number of carbonyl (C=O) groups excluding carboxylic acids is 1. The minimum Gasteiger partial charge on any atom is -0.462 e. The van der Waals surface area contributed by atoms with E-state index in [1.807, 2.05) is 6.92 Å². The third kappa shape index (κ3) is 4.62. The Morgan fingerprint density at radius 2 is 2.40 bits per heavy atom. The maximum atomic E-state index is 11.4. The molecule has 1 fully saturated rings. The van der Waals surface area contributed by atoms with Gasteiger partial charge in [-0.1, -0.05) is 13.3 Å². The topological polar surface area (TPSA) is 61.6 Å². The minimum absolute atomic E-state index is 0.0801. The van der Waals surface area contributed by atoms with E-state index in [1.54, 1.807) is 0 Å². The van der Waals surface area contributed by atoms with Crippen LogP contribution in [0.4, 0.5) is 0 Å². The van der Waals surface area contributed by atoms with E-state index in [-0.39, 0.29) is 12.1 Å². The molecule has 0 amide bonds. The molecular weight excluding hydrogens is 194 g/mol. The van der Waals surface area contributed by atoms with Crippen molar-refractivity contribution in [2.45, 2.75) is 51.2 Å². The first kappa shape index (κ1) is 12.5. The Labute approximate surface area is 91.1 Å². The molecule has 15 heavy (non-hydrogen) atoms. The van der Waals surface area contributed by atoms with Gasteiger partial charge < -0.3 is 15.2 Å². The van der Waals surface area contributed by atoms with E-state index in [0.29, 0.717) is 13.0 Å². The standard InChI is InChI=1S/C11H21NO3/c1-2-5-10(12)11(13)15-8-9-6-3-4-7-14-9/h9-10H,2-8,12H2,1H3/t9?,10-/m1/s1. The normalized spacial score (nSPS) is 23.5. The molecule has 88 valence electrons. The van der Waals surface area contributed by atoms with Crippen LogP contribution < -0.4 is 5.73 Å². The number of ether oxygens (including phenoxy) is 2. The lowest BCUT2D eigenvalue weighted by Crippen LogP contribution is -2.35. The quantitative estimate of drug-likeness (QED) is 0.701. The number of hydrogen-bond acceptors (Lipinski definition) is 4. The Kier molecular flexibility index (Phi) is 5.65. The molecule has 1 rings (SSSR count). The van der Waals surface area contributed by atoms with E-state index in [9.17, 15) is 4.79 Å². The molecular formula is C11H21NO3. The third-order valence-corrected chi connectivity index (χ3v) is 2.59. The van der Waals surface area contributed by atoms with Gasteiger partial charge in [0.25, 0.3) is 0 Å². The molecule has 1 unspecified atom stereocenters. The zero-order valence-electron chi connectivity index (χ0n) is 9.41. The molecule has 4 nitrogen and oxygen atoms in total. The SMILES string of the molecule is CCC[C@@H](N)C(=O)OCC1CCCCO1. The Balaban J connectivity index is 2.14. The number of hydrogen-bond donors (Lipinski definition) is 1. The lowest BCUT2D eigenvalue weighted by molar-refractivity contribution is -0.150. The number of carbonyl (C=O) groups is 1. The largest absolute Gasteiger partial charge is 0.462 e. The first-order chi connectivity index (χ1) is 7.24. The lowest BCUT2D eigenvalue weighted by Gasteiger charge is -2.22. The predicted octanol–water partition coefficient (Wildman–Crippen LogP) is 1.23. The maximum absolute atomic E-state index is 11.4. The molecule has 0 radical (unpaired) electrons. The highest BCUT2D eigenvalue weighted by Crippen LogP contribution is 2.13. The van der Waals surface area contributed by atoms with Crippen LogP contribution in [-0.4, -0.2) is 31.3 Å². The van der Waals surface area contributed by atoms with Gasteiger partial charge in [0.1, 0.15) is 12.6 Å². The van der Waals surface area contributed by atoms with Gasteiger partial charge in [0.05, 0.1) is 6.10 Å². The zero-order valence-corrected chi connectivity index (χ0v) is 9.41. The van der Waals surface area contributed by atoms with Gasteiger partial charge in [-0.25, -0.2) is 0 Å². The molecule has 1 heterocycles. The Morgan fingerprint density at radius 3 is 3.00 bits per heavy atom. The van der Waals surface area contributed by atoms with Crippen LogP contribution in [0.2, 0.25) is 0 Å². The van der Waals surface area contributed by atoms with Gasteiger partial charge in [-0.15, -0.1) is 0 Å². The van der Waals surface area contributed by atoms with E-state index in [4.69, 9.17) is 15.2 Å². The van der Waals surface area contributed by atoms with Crippen molar-refractivity contribution in [3.63, 3.8) is 0 Å². The van der Waals surface area contributed by atoms with Crippen molar-refractivity contribution in [3.05, 3.63) is 0 Å². The highest BCUT2D eigenvalue weighted by molar-refractivity contribution is 5.75. The monoisotopic (exact) mass is 215 g/mol. The second kappa shape index (κ2) is 6.80. The van der Waals surface area contributed by atoms with Crippen molar-refractivity contribution < 1.29 is 14.3 Å². The second-order valence-electron chi connectivity index (χ2n) is 4.01. The summed E-state index contributed by atoms with van der Waals surface area (Å²) in [5, 5.41) is 0. The Hall–Kier alpha value is -0.610. The van der Waals surface area contributed by atoms with E-state index in [0.717, 1.165) is 32.3 Å². The van der Waals surface area contributed by atoms with Crippen molar-refractivity contribution in [2.24, 2.45) is 5.73 Å². The van der Waals surface area contributed by atoms with Crippen LogP contribution in [0.1, 0.15) is 39.0 Å². The molecule has 0 aromatic heterocycles. The van der Waals surface area contributed by atoms with E-state index in [2.05, 4.69) is 0 Å². The molecule has 0 aliphatic carbocycles. The van der Waals surface area contributed by atoms with Gasteiger partial charge in [-0.3, -0.25) is 4.79 Å². The molecule has 4 heteroatoms. The van der Waals surface area contributed by atoms with Gasteiger partial charge in [0.15, 0.2) is 0 Å². The fraction of sp³-hybridized carbons (Fsp3) is 0.909. The summed E-state index contributed by atoms with van der Waals surface area (Å²) < 4.78 is 10.6. The Bertz CT molecular complexity index is 190. The van der Waals surface area contributed by atoms with Gasteiger partial charge in [-0.2, -0.15) is 0 Å². The van der Waals surface area contributed by atoms with E-state index in [1.165, 1.54) is 0 Å². The fourth-order valence-corrected chi connectivity index (χ4v) is 1.65. The molecule has 0 aromatic rings. The summed E-state index contributed by atoms with van der Waals surface area (Å²) in [5.41, 5.74) is 5.63. The van der Waals surface area contributed by atoms with Crippen LogP contribution in [0.15, 0.2) is 0 Å². The first-order valence-corrected chi connectivity index (χ1v) is 5.78. The van der Waals surface area contributed by atoms with Crippen molar-refractivity contribution >= 4 is 5.97 Å². The molecule has 0 bridgehead atoms. The third-order valence-electron chi connectivity index (χ3n) is 2.59. The van der Waals surface area contributed by atoms with E-state index < -0.39 is 6.04 Å². The van der Waals surface area contributed by atoms with Crippen molar-refractivity contribution in [3.8, 4) is 0 Å².